The van der Waals surface area contributed by atoms with Crippen LogP contribution in [0.1, 0.15) is 39.2 Å². The van der Waals surface area contributed by atoms with E-state index in [0.29, 0.717) is 0 Å². The van der Waals surface area contributed by atoms with Crippen molar-refractivity contribution in [2.24, 2.45) is 0 Å². The van der Waals surface area contributed by atoms with E-state index < -0.39 is 0 Å². The van der Waals surface area contributed by atoms with E-state index in [2.05, 4.69) is 32.9 Å². The molecule has 0 unspecified atom stereocenters. The Bertz CT molecular complexity index is 264. The van der Waals surface area contributed by atoms with Gasteiger partial charge in [0.25, 0.3) is 0 Å². The van der Waals surface area contributed by atoms with Gasteiger partial charge in [-0.15, -0.1) is 0 Å². The molecule has 0 amide bonds. The Hall–Kier alpha value is -1.24. The quantitative estimate of drug-likeness (QED) is 0.699. The number of rotatable bonds is 2. The lowest BCUT2D eigenvalue weighted by molar-refractivity contribution is 1.09. The van der Waals surface area contributed by atoms with E-state index in [1.807, 2.05) is 24.3 Å². The monoisotopic (exact) mass is 191 g/mol. The summed E-state index contributed by atoms with van der Waals surface area (Å²) in [4.78, 5) is 0. The standard InChI is InChI=1S/C10H13N.C3H8/c1-2-3-6-9-7-4-5-8-10(9)11;1-3-2/h3-8H,2,11H2,1H3;3H2,1-2H3/b6-3-;. The number of hydrogen-bond acceptors (Lipinski definition) is 1. The third-order valence-corrected chi connectivity index (χ3v) is 1.53. The summed E-state index contributed by atoms with van der Waals surface area (Å²) in [7, 11) is 0. The first-order chi connectivity index (χ1) is 6.76. The fraction of sp³-hybridized carbons (Fsp3) is 0.385. The van der Waals surface area contributed by atoms with Crippen LogP contribution < -0.4 is 5.73 Å². The van der Waals surface area contributed by atoms with Gasteiger partial charge in [0.2, 0.25) is 0 Å². The molecule has 0 aliphatic carbocycles. The number of nitrogens with two attached hydrogens (primary N) is 1. The predicted octanol–water partition coefficient (Wildman–Crippen LogP) is 4.11. The molecule has 0 heterocycles. The van der Waals surface area contributed by atoms with Crippen LogP contribution >= 0.6 is 0 Å². The Morgan fingerprint density at radius 2 is 1.71 bits per heavy atom. The number of anilines is 1. The van der Waals surface area contributed by atoms with Gasteiger partial charge in [-0.1, -0.05) is 57.5 Å². The first-order valence-electron chi connectivity index (χ1n) is 5.27. The van der Waals surface area contributed by atoms with Crippen LogP contribution in [0.25, 0.3) is 6.08 Å². The predicted molar refractivity (Wildman–Crippen MR) is 66.1 cm³/mol. The van der Waals surface area contributed by atoms with Crippen molar-refractivity contribution in [1.82, 2.24) is 0 Å². The number of hydrogen-bond donors (Lipinski definition) is 1. The van der Waals surface area contributed by atoms with Crippen LogP contribution in [0, 0.1) is 0 Å². The Balaban J connectivity index is 0.000000500. The maximum atomic E-state index is 5.71. The van der Waals surface area contributed by atoms with Gasteiger partial charge in [0, 0.05) is 5.69 Å². The zero-order valence-electron chi connectivity index (χ0n) is 9.46. The second kappa shape index (κ2) is 8.36. The van der Waals surface area contributed by atoms with E-state index in [1.165, 1.54) is 6.42 Å². The van der Waals surface area contributed by atoms with Crippen LogP contribution in [0.4, 0.5) is 5.69 Å². The van der Waals surface area contributed by atoms with E-state index in [-0.39, 0.29) is 0 Å². The van der Waals surface area contributed by atoms with E-state index in [0.717, 1.165) is 17.7 Å². The third-order valence-electron chi connectivity index (χ3n) is 1.53. The highest BCUT2D eigenvalue weighted by Crippen LogP contribution is 2.11. The van der Waals surface area contributed by atoms with E-state index in [9.17, 15) is 0 Å². The summed E-state index contributed by atoms with van der Waals surface area (Å²) >= 11 is 0. The van der Waals surface area contributed by atoms with Gasteiger partial charge in [0.05, 0.1) is 0 Å². The summed E-state index contributed by atoms with van der Waals surface area (Å²) in [5, 5.41) is 0. The summed E-state index contributed by atoms with van der Waals surface area (Å²) in [6.07, 6.45) is 6.45. The lowest BCUT2D eigenvalue weighted by atomic mass is 10.1. The molecule has 1 aromatic rings. The molecule has 0 atom stereocenters. The summed E-state index contributed by atoms with van der Waals surface area (Å²) < 4.78 is 0. The van der Waals surface area contributed by atoms with Crippen molar-refractivity contribution < 1.29 is 0 Å². The first-order valence-corrected chi connectivity index (χ1v) is 5.27. The average molecular weight is 191 g/mol. The SMILES string of the molecule is CC/C=C\c1ccccc1N.CCC. The minimum absolute atomic E-state index is 0.845. The summed E-state index contributed by atoms with van der Waals surface area (Å²) in [5.41, 5.74) is 7.66. The van der Waals surface area contributed by atoms with Crippen LogP contribution in [-0.4, -0.2) is 0 Å². The highest BCUT2D eigenvalue weighted by atomic mass is 14.5. The van der Waals surface area contributed by atoms with Gasteiger partial charge >= 0.3 is 0 Å². The molecule has 0 aliphatic heterocycles. The molecule has 2 N–H and O–H groups in total. The molecular formula is C13H21N. The van der Waals surface area contributed by atoms with E-state index >= 15 is 0 Å². The van der Waals surface area contributed by atoms with Crippen molar-refractivity contribution in [1.29, 1.82) is 0 Å². The largest absolute Gasteiger partial charge is 0.398 e. The zero-order chi connectivity index (χ0) is 10.8. The first kappa shape index (κ1) is 12.8. The van der Waals surface area contributed by atoms with Crippen molar-refractivity contribution in [2.75, 3.05) is 5.73 Å². The van der Waals surface area contributed by atoms with Crippen LogP contribution in [-0.2, 0) is 0 Å². The van der Waals surface area contributed by atoms with E-state index in [4.69, 9.17) is 5.73 Å². The smallest absolute Gasteiger partial charge is 0.0387 e. The van der Waals surface area contributed by atoms with Crippen LogP contribution in [0.5, 0.6) is 0 Å². The molecule has 1 heteroatoms. The molecule has 0 saturated heterocycles. The van der Waals surface area contributed by atoms with Gasteiger partial charge in [0.1, 0.15) is 0 Å². The summed E-state index contributed by atoms with van der Waals surface area (Å²) in [6, 6.07) is 7.86. The van der Waals surface area contributed by atoms with Gasteiger partial charge in [-0.05, 0) is 18.1 Å². The van der Waals surface area contributed by atoms with Gasteiger partial charge < -0.3 is 5.73 Å². The Morgan fingerprint density at radius 3 is 2.21 bits per heavy atom. The Kier molecular flexibility index (Phi) is 7.62. The van der Waals surface area contributed by atoms with Crippen LogP contribution in [0.15, 0.2) is 30.3 Å². The number of para-hydroxylation sites is 1. The molecule has 78 valence electrons. The molecule has 0 bridgehead atoms. The molecule has 0 saturated carbocycles. The van der Waals surface area contributed by atoms with Crippen molar-refractivity contribution in [2.45, 2.75) is 33.6 Å². The zero-order valence-corrected chi connectivity index (χ0v) is 9.46. The van der Waals surface area contributed by atoms with Crippen molar-refractivity contribution >= 4 is 11.8 Å². The van der Waals surface area contributed by atoms with Crippen LogP contribution in [0.3, 0.4) is 0 Å². The van der Waals surface area contributed by atoms with Gasteiger partial charge in [-0.2, -0.15) is 0 Å². The fourth-order valence-corrected chi connectivity index (χ4v) is 0.907. The molecule has 14 heavy (non-hydrogen) atoms. The molecule has 0 aromatic heterocycles. The molecule has 1 aromatic carbocycles. The van der Waals surface area contributed by atoms with Crippen molar-refractivity contribution in [3.05, 3.63) is 35.9 Å². The minimum atomic E-state index is 0.845. The lowest BCUT2D eigenvalue weighted by Crippen LogP contribution is -1.86. The highest BCUT2D eigenvalue weighted by Gasteiger charge is 1.89. The second-order valence-corrected chi connectivity index (χ2v) is 3.15. The topological polar surface area (TPSA) is 26.0 Å². The molecule has 1 rings (SSSR count). The van der Waals surface area contributed by atoms with Gasteiger partial charge in [-0.3, -0.25) is 0 Å². The Labute approximate surface area is 87.6 Å². The number of allylic oxidation sites excluding steroid dienone is 1. The summed E-state index contributed by atoms with van der Waals surface area (Å²) in [6.45, 7) is 6.36. The fourth-order valence-electron chi connectivity index (χ4n) is 0.907. The third kappa shape index (κ3) is 5.41. The molecule has 0 aliphatic rings. The maximum absolute atomic E-state index is 5.71. The van der Waals surface area contributed by atoms with E-state index in [1.54, 1.807) is 0 Å². The van der Waals surface area contributed by atoms with Crippen molar-refractivity contribution in [3.8, 4) is 0 Å². The lowest BCUT2D eigenvalue weighted by Gasteiger charge is -1.96. The van der Waals surface area contributed by atoms with Crippen LogP contribution in [0.2, 0.25) is 0 Å². The number of benzene rings is 1. The second-order valence-electron chi connectivity index (χ2n) is 3.15. The molecule has 0 radical (unpaired) electrons. The van der Waals surface area contributed by atoms with Gasteiger partial charge in [-0.25, -0.2) is 0 Å². The van der Waals surface area contributed by atoms with Crippen molar-refractivity contribution in [3.63, 3.8) is 0 Å². The number of nitrogen functional groups attached to an aromatic ring is 1. The summed E-state index contributed by atoms with van der Waals surface area (Å²) in [5.74, 6) is 0. The Morgan fingerprint density at radius 1 is 1.14 bits per heavy atom. The molecule has 0 fully saturated rings. The van der Waals surface area contributed by atoms with Gasteiger partial charge in [0.15, 0.2) is 0 Å². The molecule has 1 nitrogen and oxygen atoms in total. The average Bonchev–Trinajstić information content (AvgIpc) is 2.18. The molecule has 0 spiro atoms. The molecular weight excluding hydrogens is 170 g/mol. The highest BCUT2D eigenvalue weighted by molar-refractivity contribution is 5.63. The normalized spacial score (nSPS) is 9.64. The maximum Gasteiger partial charge on any atom is 0.0387 e. The minimum Gasteiger partial charge on any atom is -0.398 e.